The molecule has 4 aromatic rings. The summed E-state index contributed by atoms with van der Waals surface area (Å²) in [6, 6.07) is 21.3. The zero-order chi connectivity index (χ0) is 23.9. The van der Waals surface area contributed by atoms with E-state index < -0.39 is 17.2 Å². The van der Waals surface area contributed by atoms with Gasteiger partial charge in [-0.3, -0.25) is 9.78 Å². The number of hydrazone groups is 1. The molecule has 2 N–H and O–H groups in total. The van der Waals surface area contributed by atoms with Gasteiger partial charge in [0.15, 0.2) is 11.6 Å². The monoisotopic (exact) mass is 457 g/mol. The first-order chi connectivity index (χ1) is 16.5. The number of aromatic amines is 1. The van der Waals surface area contributed by atoms with Crippen molar-refractivity contribution in [3.63, 3.8) is 0 Å². The van der Waals surface area contributed by atoms with E-state index in [4.69, 9.17) is 4.74 Å². The number of halogens is 2. The third-order valence-corrected chi connectivity index (χ3v) is 4.71. The molecule has 1 heterocycles. The highest BCUT2D eigenvalue weighted by Crippen LogP contribution is 2.20. The number of anilines is 1. The van der Waals surface area contributed by atoms with Crippen molar-refractivity contribution in [2.45, 2.75) is 6.61 Å². The van der Waals surface area contributed by atoms with Crippen molar-refractivity contribution in [2.24, 2.45) is 5.10 Å². The third-order valence-electron chi connectivity index (χ3n) is 4.71. The maximum atomic E-state index is 13.3. The van der Waals surface area contributed by atoms with Crippen molar-refractivity contribution in [2.75, 3.05) is 5.43 Å². The second-order valence-electron chi connectivity index (χ2n) is 7.10. The standard InChI is InChI=1S/C25H17F2N5O2/c26-21-10-9-17(12-22(21)27)15-34-19-8-4-5-16(11-19)14-29-32-25-30-23(18-6-2-1-3-7-18)20(13-28)24(33)31-25/h1-12,14H,15H2,(H2,30,31,32,33). The molecule has 3 aromatic carbocycles. The molecule has 0 unspecified atom stereocenters. The molecule has 0 radical (unpaired) electrons. The Hall–Kier alpha value is -4.84. The summed E-state index contributed by atoms with van der Waals surface area (Å²) >= 11 is 0. The predicted molar refractivity (Wildman–Crippen MR) is 123 cm³/mol. The number of H-pyrrole nitrogens is 1. The van der Waals surface area contributed by atoms with Crippen LogP contribution in [0.15, 0.2) is 82.7 Å². The van der Waals surface area contributed by atoms with Crippen LogP contribution in [0, 0.1) is 23.0 Å². The molecule has 168 valence electrons. The number of rotatable bonds is 7. The van der Waals surface area contributed by atoms with Gasteiger partial charge in [0.05, 0.1) is 11.9 Å². The smallest absolute Gasteiger partial charge is 0.270 e. The number of nitrogens with one attached hydrogen (secondary N) is 2. The molecule has 7 nitrogen and oxygen atoms in total. The zero-order valence-electron chi connectivity index (χ0n) is 17.6. The maximum Gasteiger partial charge on any atom is 0.270 e. The molecule has 0 atom stereocenters. The van der Waals surface area contributed by atoms with Crippen molar-refractivity contribution in [1.82, 2.24) is 9.97 Å². The summed E-state index contributed by atoms with van der Waals surface area (Å²) in [6.45, 7) is 0.0642. The van der Waals surface area contributed by atoms with Crippen LogP contribution >= 0.6 is 0 Å². The summed E-state index contributed by atoms with van der Waals surface area (Å²) in [4.78, 5) is 19.1. The van der Waals surface area contributed by atoms with Crippen LogP contribution in [0.4, 0.5) is 14.7 Å². The first-order valence-electron chi connectivity index (χ1n) is 10.1. The average molecular weight is 457 g/mol. The van der Waals surface area contributed by atoms with Gasteiger partial charge in [-0.15, -0.1) is 0 Å². The quantitative estimate of drug-likeness (QED) is 0.312. The Bertz CT molecular complexity index is 1450. The molecule has 0 aliphatic heterocycles. The zero-order valence-corrected chi connectivity index (χ0v) is 17.6. The highest BCUT2D eigenvalue weighted by molar-refractivity contribution is 5.80. The lowest BCUT2D eigenvalue weighted by molar-refractivity contribution is 0.305. The van der Waals surface area contributed by atoms with E-state index in [1.54, 1.807) is 48.5 Å². The Morgan fingerprint density at radius 1 is 1.06 bits per heavy atom. The van der Waals surface area contributed by atoms with Crippen LogP contribution in [0.25, 0.3) is 11.3 Å². The minimum absolute atomic E-state index is 0.0642. The minimum atomic E-state index is -0.932. The first kappa shape index (κ1) is 22.4. The Balaban J connectivity index is 1.46. The van der Waals surface area contributed by atoms with Crippen LogP contribution in [0.5, 0.6) is 5.75 Å². The average Bonchev–Trinajstić information content (AvgIpc) is 2.85. The first-order valence-corrected chi connectivity index (χ1v) is 10.1. The van der Waals surface area contributed by atoms with Gasteiger partial charge in [-0.2, -0.15) is 10.4 Å². The van der Waals surface area contributed by atoms with Gasteiger partial charge in [0.1, 0.15) is 24.0 Å². The summed E-state index contributed by atoms with van der Waals surface area (Å²) in [6.07, 6.45) is 1.49. The van der Waals surface area contributed by atoms with Gasteiger partial charge in [-0.05, 0) is 35.4 Å². The molecule has 0 amide bonds. The molecular weight excluding hydrogens is 440 g/mol. The molecule has 0 aliphatic rings. The topological polar surface area (TPSA) is 103 Å². The van der Waals surface area contributed by atoms with Crippen LogP contribution in [0.2, 0.25) is 0 Å². The minimum Gasteiger partial charge on any atom is -0.489 e. The van der Waals surface area contributed by atoms with E-state index in [1.807, 2.05) is 12.1 Å². The lowest BCUT2D eigenvalue weighted by atomic mass is 10.1. The molecule has 0 fully saturated rings. The fourth-order valence-corrected chi connectivity index (χ4v) is 3.08. The Labute approximate surface area is 193 Å². The van der Waals surface area contributed by atoms with Crippen molar-refractivity contribution >= 4 is 12.2 Å². The van der Waals surface area contributed by atoms with Gasteiger partial charge >= 0.3 is 0 Å². The normalized spacial score (nSPS) is 10.7. The van der Waals surface area contributed by atoms with Gasteiger partial charge < -0.3 is 4.74 Å². The molecule has 1 aromatic heterocycles. The van der Waals surface area contributed by atoms with E-state index in [-0.39, 0.29) is 23.8 Å². The van der Waals surface area contributed by atoms with Crippen molar-refractivity contribution < 1.29 is 13.5 Å². The van der Waals surface area contributed by atoms with Crippen LogP contribution in [-0.4, -0.2) is 16.2 Å². The molecule has 0 saturated carbocycles. The second-order valence-corrected chi connectivity index (χ2v) is 7.10. The predicted octanol–water partition coefficient (Wildman–Crippen LogP) is 4.61. The molecule has 0 aliphatic carbocycles. The van der Waals surface area contributed by atoms with Gasteiger partial charge in [-0.1, -0.05) is 48.5 Å². The molecule has 0 bridgehead atoms. The van der Waals surface area contributed by atoms with Crippen LogP contribution in [0.3, 0.4) is 0 Å². The van der Waals surface area contributed by atoms with E-state index in [0.717, 1.165) is 12.1 Å². The van der Waals surface area contributed by atoms with Gasteiger partial charge in [0.2, 0.25) is 5.95 Å². The summed E-state index contributed by atoms with van der Waals surface area (Å²) in [5.74, 6) is -1.27. The van der Waals surface area contributed by atoms with E-state index in [9.17, 15) is 18.8 Å². The number of hydrogen-bond acceptors (Lipinski definition) is 6. The summed E-state index contributed by atoms with van der Waals surface area (Å²) in [5.41, 5.74) is 4.03. The number of aromatic nitrogens is 2. The molecule has 0 saturated heterocycles. The fourth-order valence-electron chi connectivity index (χ4n) is 3.08. The number of nitriles is 1. The summed E-state index contributed by atoms with van der Waals surface area (Å²) in [7, 11) is 0. The van der Waals surface area contributed by atoms with Gasteiger partial charge in [0.25, 0.3) is 5.56 Å². The van der Waals surface area contributed by atoms with E-state index >= 15 is 0 Å². The van der Waals surface area contributed by atoms with Crippen LogP contribution in [-0.2, 0) is 6.61 Å². The van der Waals surface area contributed by atoms with Gasteiger partial charge in [0, 0.05) is 5.56 Å². The number of hydrogen-bond donors (Lipinski definition) is 2. The molecule has 4 rings (SSSR count). The highest BCUT2D eigenvalue weighted by atomic mass is 19.2. The Morgan fingerprint density at radius 2 is 1.88 bits per heavy atom. The number of ether oxygens (including phenoxy) is 1. The molecular formula is C25H17F2N5O2. The van der Waals surface area contributed by atoms with Crippen molar-refractivity contribution in [3.05, 3.63) is 111 Å². The van der Waals surface area contributed by atoms with Crippen LogP contribution < -0.4 is 15.7 Å². The summed E-state index contributed by atoms with van der Waals surface area (Å²) in [5, 5.41) is 13.4. The Kier molecular flexibility index (Phi) is 6.70. The van der Waals surface area contributed by atoms with E-state index in [2.05, 4.69) is 20.5 Å². The Morgan fingerprint density at radius 3 is 2.65 bits per heavy atom. The second kappa shape index (κ2) is 10.2. The van der Waals surface area contributed by atoms with Crippen molar-refractivity contribution in [1.29, 1.82) is 5.26 Å². The number of benzene rings is 3. The van der Waals surface area contributed by atoms with E-state index in [1.165, 1.54) is 12.3 Å². The van der Waals surface area contributed by atoms with Crippen molar-refractivity contribution in [3.8, 4) is 23.1 Å². The lowest BCUT2D eigenvalue weighted by Crippen LogP contribution is -2.16. The molecule has 0 spiro atoms. The fraction of sp³-hybridized carbons (Fsp3) is 0.0400. The van der Waals surface area contributed by atoms with Crippen LogP contribution in [0.1, 0.15) is 16.7 Å². The maximum absolute atomic E-state index is 13.3. The highest BCUT2D eigenvalue weighted by Gasteiger charge is 2.12. The summed E-state index contributed by atoms with van der Waals surface area (Å²) < 4.78 is 32.0. The van der Waals surface area contributed by atoms with E-state index in [0.29, 0.717) is 22.4 Å². The SMILES string of the molecule is N#Cc1c(-c2ccccc2)nc(NN=Cc2cccc(OCc3ccc(F)c(F)c3)c2)[nH]c1=O. The lowest BCUT2D eigenvalue weighted by Gasteiger charge is -2.07. The molecule has 9 heteroatoms. The molecule has 34 heavy (non-hydrogen) atoms. The number of nitrogens with zero attached hydrogens (tertiary/aromatic N) is 3. The third kappa shape index (κ3) is 5.31. The van der Waals surface area contributed by atoms with Gasteiger partial charge in [-0.25, -0.2) is 19.2 Å². The largest absolute Gasteiger partial charge is 0.489 e.